The Kier molecular flexibility index (Phi) is 6.44. The second-order valence-electron chi connectivity index (χ2n) is 12.7. The van der Waals surface area contributed by atoms with Crippen LogP contribution >= 0.6 is 0 Å². The summed E-state index contributed by atoms with van der Waals surface area (Å²) in [6.45, 7) is 8.14. The quantitative estimate of drug-likeness (QED) is 0.460. The average molecular weight is 516 g/mol. The number of likely N-dealkylation sites (tertiary alicyclic amines) is 1. The topological polar surface area (TPSA) is 87.3 Å². The minimum Gasteiger partial charge on any atom is -0.393 e. The van der Waals surface area contributed by atoms with E-state index in [-0.39, 0.29) is 11.5 Å². The Morgan fingerprint density at radius 3 is 2.26 bits per heavy atom. The molecule has 1 aliphatic heterocycles. The van der Waals surface area contributed by atoms with Gasteiger partial charge in [-0.25, -0.2) is 9.67 Å². The van der Waals surface area contributed by atoms with Crippen molar-refractivity contribution < 1.29 is 10.2 Å². The van der Waals surface area contributed by atoms with Gasteiger partial charge in [0.2, 0.25) is 0 Å². The number of hydrogen-bond donors (Lipinski definition) is 2. The molecule has 3 heterocycles. The van der Waals surface area contributed by atoms with Crippen LogP contribution in [0.2, 0.25) is 0 Å². The Hall–Kier alpha value is -2.61. The van der Waals surface area contributed by atoms with Crippen LogP contribution in [0.25, 0.3) is 11.4 Å². The van der Waals surface area contributed by atoms with Gasteiger partial charge < -0.3 is 15.1 Å². The Morgan fingerprint density at radius 2 is 1.66 bits per heavy atom. The standard InChI is InChI=1S/C31H41N5O2/c1-20(2)21-5-9-24(10-6-21)31(38,30(3)18-35(4)19-30)25-15-23(16-32-17-25)28-33-29(36(34-28)26-11-12-26)22-7-13-27(37)14-8-22/h5-6,9-10,15-17,20,22,26-27,37-38H,7-8,11-14,18-19H2,1-4H3/t22?,27?,31-/m0/s1. The van der Waals surface area contributed by atoms with Crippen molar-refractivity contribution in [3.63, 3.8) is 0 Å². The number of pyridine rings is 1. The van der Waals surface area contributed by atoms with Crippen LogP contribution in [0.3, 0.4) is 0 Å². The van der Waals surface area contributed by atoms with Gasteiger partial charge in [0.1, 0.15) is 11.4 Å². The number of hydrogen-bond acceptors (Lipinski definition) is 6. The summed E-state index contributed by atoms with van der Waals surface area (Å²) in [6.07, 6.45) is 9.26. The highest BCUT2D eigenvalue weighted by Gasteiger charge is 2.55. The number of nitrogens with zero attached hydrogens (tertiary/aromatic N) is 5. The predicted molar refractivity (Wildman–Crippen MR) is 148 cm³/mol. The molecule has 3 aromatic rings. The van der Waals surface area contributed by atoms with Gasteiger partial charge in [-0.1, -0.05) is 45.0 Å². The summed E-state index contributed by atoms with van der Waals surface area (Å²) in [6, 6.07) is 10.9. The highest BCUT2D eigenvalue weighted by molar-refractivity contribution is 5.56. The molecule has 0 bridgehead atoms. The molecule has 7 nitrogen and oxygen atoms in total. The van der Waals surface area contributed by atoms with Gasteiger partial charge in [-0.3, -0.25) is 4.98 Å². The highest BCUT2D eigenvalue weighted by Crippen LogP contribution is 2.50. The Labute approximate surface area is 225 Å². The molecule has 2 N–H and O–H groups in total. The predicted octanol–water partition coefficient (Wildman–Crippen LogP) is 5.00. The fourth-order valence-corrected chi connectivity index (χ4v) is 6.76. The van der Waals surface area contributed by atoms with Crippen molar-refractivity contribution in [2.24, 2.45) is 5.41 Å². The van der Waals surface area contributed by atoms with E-state index < -0.39 is 5.60 Å². The lowest BCUT2D eigenvalue weighted by Crippen LogP contribution is -2.63. The molecular weight excluding hydrogens is 474 g/mol. The average Bonchev–Trinajstić information content (AvgIpc) is 3.66. The summed E-state index contributed by atoms with van der Waals surface area (Å²) in [5.41, 5.74) is 2.24. The van der Waals surface area contributed by atoms with Crippen molar-refractivity contribution in [1.29, 1.82) is 0 Å². The molecule has 202 valence electrons. The molecule has 1 aromatic carbocycles. The lowest BCUT2D eigenvalue weighted by molar-refractivity contribution is -0.127. The fraction of sp³-hybridized carbons (Fsp3) is 0.581. The second kappa shape index (κ2) is 9.54. The minimum absolute atomic E-state index is 0.192. The molecule has 2 aromatic heterocycles. The zero-order chi connectivity index (χ0) is 26.7. The van der Waals surface area contributed by atoms with Gasteiger partial charge in [0.05, 0.1) is 12.1 Å². The van der Waals surface area contributed by atoms with Crippen molar-refractivity contribution in [1.82, 2.24) is 24.6 Å². The van der Waals surface area contributed by atoms with E-state index in [9.17, 15) is 10.2 Å². The zero-order valence-electron chi connectivity index (χ0n) is 23.1. The van der Waals surface area contributed by atoms with Gasteiger partial charge in [-0.05, 0) is 68.7 Å². The molecule has 3 aliphatic rings. The largest absolute Gasteiger partial charge is 0.393 e. The summed E-state index contributed by atoms with van der Waals surface area (Å²) in [4.78, 5) is 11.9. The Morgan fingerprint density at radius 1 is 0.974 bits per heavy atom. The zero-order valence-corrected chi connectivity index (χ0v) is 23.1. The van der Waals surface area contributed by atoms with Crippen LogP contribution in [-0.4, -0.2) is 61.1 Å². The lowest BCUT2D eigenvalue weighted by atomic mass is 9.62. The fourth-order valence-electron chi connectivity index (χ4n) is 6.76. The van der Waals surface area contributed by atoms with Crippen LogP contribution in [0.1, 0.15) is 99.7 Å². The van der Waals surface area contributed by atoms with Crippen molar-refractivity contribution in [2.45, 2.75) is 88.9 Å². The summed E-state index contributed by atoms with van der Waals surface area (Å²) < 4.78 is 2.14. The lowest BCUT2D eigenvalue weighted by Gasteiger charge is -2.55. The molecule has 2 aliphatic carbocycles. The molecule has 0 spiro atoms. The molecule has 7 heteroatoms. The number of aliphatic hydroxyl groups excluding tert-OH is 1. The molecule has 6 rings (SSSR count). The molecule has 0 radical (unpaired) electrons. The third-order valence-corrected chi connectivity index (χ3v) is 9.13. The normalized spacial score (nSPS) is 25.2. The first-order valence-corrected chi connectivity index (χ1v) is 14.3. The molecule has 0 unspecified atom stereocenters. The van der Waals surface area contributed by atoms with Gasteiger partial charge in [-0.2, -0.15) is 5.10 Å². The van der Waals surface area contributed by atoms with Crippen LogP contribution in [0.4, 0.5) is 0 Å². The smallest absolute Gasteiger partial charge is 0.182 e. The molecule has 3 fully saturated rings. The van der Waals surface area contributed by atoms with Crippen molar-refractivity contribution >= 4 is 0 Å². The molecular formula is C31H41N5O2. The van der Waals surface area contributed by atoms with Crippen LogP contribution in [0.5, 0.6) is 0 Å². The van der Waals surface area contributed by atoms with Gasteiger partial charge in [0, 0.05) is 47.9 Å². The number of rotatable bonds is 7. The van der Waals surface area contributed by atoms with Crippen molar-refractivity contribution in [3.8, 4) is 11.4 Å². The van der Waals surface area contributed by atoms with Crippen LogP contribution in [0, 0.1) is 5.41 Å². The maximum atomic E-state index is 12.6. The summed E-state index contributed by atoms with van der Waals surface area (Å²) in [5, 5.41) is 27.6. The van der Waals surface area contributed by atoms with E-state index in [0.717, 1.165) is 74.1 Å². The van der Waals surface area contributed by atoms with E-state index in [1.54, 1.807) is 0 Å². The molecule has 0 amide bonds. The van der Waals surface area contributed by atoms with Gasteiger partial charge in [0.15, 0.2) is 5.82 Å². The Balaban J connectivity index is 1.40. The molecule has 1 atom stereocenters. The third kappa shape index (κ3) is 4.38. The first kappa shape index (κ1) is 25.7. The van der Waals surface area contributed by atoms with Crippen molar-refractivity contribution in [2.75, 3.05) is 20.1 Å². The number of aromatic nitrogens is 4. The van der Waals surface area contributed by atoms with E-state index in [1.807, 2.05) is 18.5 Å². The van der Waals surface area contributed by atoms with Crippen LogP contribution in [-0.2, 0) is 5.60 Å². The number of benzene rings is 1. The van der Waals surface area contributed by atoms with E-state index in [4.69, 9.17) is 10.1 Å². The van der Waals surface area contributed by atoms with Crippen LogP contribution < -0.4 is 0 Å². The molecule has 38 heavy (non-hydrogen) atoms. The SMILES string of the molecule is CC(C)c1ccc([C@](O)(c2cncc(-c3nc(C4CCC(O)CC4)n(C4CC4)n3)c2)C2(C)CN(C)C2)cc1. The Bertz CT molecular complexity index is 1280. The summed E-state index contributed by atoms with van der Waals surface area (Å²) in [7, 11) is 2.10. The first-order chi connectivity index (χ1) is 18.2. The molecule has 2 saturated carbocycles. The van der Waals surface area contributed by atoms with Crippen LogP contribution in [0.15, 0.2) is 42.7 Å². The monoisotopic (exact) mass is 515 g/mol. The maximum Gasteiger partial charge on any atom is 0.182 e. The second-order valence-corrected chi connectivity index (χ2v) is 12.7. The summed E-state index contributed by atoms with van der Waals surface area (Å²) in [5.74, 6) is 2.49. The van der Waals surface area contributed by atoms with E-state index in [2.05, 4.69) is 66.7 Å². The van der Waals surface area contributed by atoms with E-state index >= 15 is 0 Å². The minimum atomic E-state index is -1.20. The van der Waals surface area contributed by atoms with Gasteiger partial charge in [0.25, 0.3) is 0 Å². The third-order valence-electron chi connectivity index (χ3n) is 9.13. The molecule has 1 saturated heterocycles. The van der Waals surface area contributed by atoms with E-state index in [0.29, 0.717) is 23.7 Å². The van der Waals surface area contributed by atoms with E-state index in [1.165, 1.54) is 5.56 Å². The highest BCUT2D eigenvalue weighted by atomic mass is 16.3. The van der Waals surface area contributed by atoms with Crippen molar-refractivity contribution in [3.05, 3.63) is 65.2 Å². The maximum absolute atomic E-state index is 12.6. The summed E-state index contributed by atoms with van der Waals surface area (Å²) >= 11 is 0. The number of aliphatic hydroxyl groups is 2. The van der Waals surface area contributed by atoms with Gasteiger partial charge in [-0.15, -0.1) is 0 Å². The van der Waals surface area contributed by atoms with Gasteiger partial charge >= 0.3 is 0 Å². The first-order valence-electron chi connectivity index (χ1n) is 14.3.